The summed E-state index contributed by atoms with van der Waals surface area (Å²) in [4.78, 5) is 0. The van der Waals surface area contributed by atoms with Crippen molar-refractivity contribution in [3.8, 4) is 11.5 Å². The maximum Gasteiger partial charge on any atom is 0.150 e. The van der Waals surface area contributed by atoms with Crippen LogP contribution in [0.4, 0.5) is 11.4 Å². The number of rotatable bonds is 3. The Bertz CT molecular complexity index is 965. The van der Waals surface area contributed by atoms with Gasteiger partial charge in [0.1, 0.15) is 24.0 Å². The van der Waals surface area contributed by atoms with Crippen LogP contribution in [0.1, 0.15) is 52.2 Å². The molecule has 2 aliphatic heterocycles. The average Bonchev–Trinajstić information content (AvgIpc) is 2.66. The van der Waals surface area contributed by atoms with E-state index in [9.17, 15) is 0 Å². The highest BCUT2D eigenvalue weighted by Crippen LogP contribution is 2.40. The first-order valence-corrected chi connectivity index (χ1v) is 9.72. The van der Waals surface area contributed by atoms with E-state index >= 15 is 0 Å². The Morgan fingerprint density at radius 2 is 1.61 bits per heavy atom. The predicted molar refractivity (Wildman–Crippen MR) is 115 cm³/mol. The van der Waals surface area contributed by atoms with Crippen molar-refractivity contribution in [2.24, 2.45) is 0 Å². The lowest BCUT2D eigenvalue weighted by Gasteiger charge is -2.30. The minimum Gasteiger partial charge on any atom is -0.461 e. The van der Waals surface area contributed by atoms with Gasteiger partial charge in [0.15, 0.2) is 0 Å². The molecule has 4 heteroatoms. The van der Waals surface area contributed by atoms with Gasteiger partial charge in [-0.1, -0.05) is 46.8 Å². The molecule has 0 amide bonds. The number of ether oxygens (including phenoxy) is 2. The molecule has 2 aromatic carbocycles. The van der Waals surface area contributed by atoms with Crippen LogP contribution in [0.15, 0.2) is 60.8 Å². The van der Waals surface area contributed by atoms with Gasteiger partial charge in [-0.15, -0.1) is 0 Å². The lowest BCUT2D eigenvalue weighted by atomic mass is 9.80. The minimum atomic E-state index is -0.0825. The summed E-state index contributed by atoms with van der Waals surface area (Å²) in [5, 5.41) is 6.78. The molecule has 0 radical (unpaired) electrons. The smallest absolute Gasteiger partial charge is 0.150 e. The van der Waals surface area contributed by atoms with Crippen molar-refractivity contribution >= 4 is 11.4 Å². The molecule has 28 heavy (non-hydrogen) atoms. The largest absolute Gasteiger partial charge is 0.461 e. The van der Waals surface area contributed by atoms with E-state index in [1.165, 1.54) is 11.1 Å². The van der Waals surface area contributed by atoms with E-state index < -0.39 is 0 Å². The molecule has 2 aliphatic rings. The molecule has 0 saturated heterocycles. The summed E-state index contributed by atoms with van der Waals surface area (Å²) in [6, 6.07) is 12.7. The molecule has 2 N–H and O–H groups in total. The van der Waals surface area contributed by atoms with Crippen LogP contribution in [0.2, 0.25) is 0 Å². The number of benzene rings is 2. The minimum absolute atomic E-state index is 0.0825. The van der Waals surface area contributed by atoms with E-state index in [-0.39, 0.29) is 10.8 Å². The van der Waals surface area contributed by atoms with Crippen LogP contribution < -0.4 is 20.1 Å². The summed E-state index contributed by atoms with van der Waals surface area (Å²) in [5.74, 6) is 1.73. The van der Waals surface area contributed by atoms with Crippen molar-refractivity contribution in [2.45, 2.75) is 51.9 Å². The molecule has 0 bridgehead atoms. The molecule has 0 atom stereocenters. The van der Waals surface area contributed by atoms with Crippen LogP contribution >= 0.6 is 0 Å². The fourth-order valence-corrected chi connectivity index (χ4v) is 3.59. The van der Waals surface area contributed by atoms with Crippen molar-refractivity contribution < 1.29 is 9.47 Å². The van der Waals surface area contributed by atoms with Gasteiger partial charge in [-0.3, -0.25) is 0 Å². The van der Waals surface area contributed by atoms with Gasteiger partial charge in [-0.2, -0.15) is 0 Å². The maximum atomic E-state index is 5.91. The second-order valence-electron chi connectivity index (χ2n) is 9.18. The first-order chi connectivity index (χ1) is 13.2. The van der Waals surface area contributed by atoms with Crippen molar-refractivity contribution in [3.63, 3.8) is 0 Å². The highest BCUT2D eigenvalue weighted by Gasteiger charge is 2.26. The Kier molecular flexibility index (Phi) is 4.37. The molecule has 0 aromatic heterocycles. The molecule has 0 unspecified atom stereocenters. The predicted octanol–water partition coefficient (Wildman–Crippen LogP) is 6.27. The van der Waals surface area contributed by atoms with Crippen molar-refractivity contribution in [2.75, 3.05) is 10.6 Å². The summed E-state index contributed by atoms with van der Waals surface area (Å²) >= 11 is 0. The highest BCUT2D eigenvalue weighted by atomic mass is 16.5. The number of fused-ring (bicyclic) bond motifs is 2. The Hall–Kier alpha value is -2.88. The van der Waals surface area contributed by atoms with Gasteiger partial charge in [0.2, 0.25) is 0 Å². The number of nitrogens with one attached hydrogen (secondary N) is 2. The Morgan fingerprint density at radius 1 is 0.821 bits per heavy atom. The molecular weight excluding hydrogens is 348 g/mol. The van der Waals surface area contributed by atoms with Crippen LogP contribution in [0.5, 0.6) is 11.5 Å². The maximum absolute atomic E-state index is 5.91. The normalized spacial score (nSPS) is 15.2. The SMILES string of the molecule is CC(C)(C)c1ccc2c(c1)NC(CC(C)(C)c1ccc3c(c1)OC=CN3)=CO2. The summed E-state index contributed by atoms with van der Waals surface area (Å²) in [5.41, 5.74) is 5.62. The van der Waals surface area contributed by atoms with Crippen molar-refractivity contribution in [1.82, 2.24) is 0 Å². The molecule has 0 fully saturated rings. The number of hydrogen-bond acceptors (Lipinski definition) is 4. The molecule has 2 aromatic rings. The second kappa shape index (κ2) is 6.62. The summed E-state index contributed by atoms with van der Waals surface area (Å²) in [6.45, 7) is 11.1. The summed E-state index contributed by atoms with van der Waals surface area (Å²) in [7, 11) is 0. The van der Waals surface area contributed by atoms with E-state index in [1.807, 2.05) is 12.3 Å². The molecule has 4 rings (SSSR count). The van der Waals surface area contributed by atoms with Gasteiger partial charge >= 0.3 is 0 Å². The van der Waals surface area contributed by atoms with Crippen molar-refractivity contribution in [1.29, 1.82) is 0 Å². The fraction of sp³-hybridized carbons (Fsp3) is 0.333. The molecule has 4 nitrogen and oxygen atoms in total. The lowest BCUT2D eigenvalue weighted by molar-refractivity contribution is 0.446. The van der Waals surface area contributed by atoms with Gasteiger partial charge in [0.05, 0.1) is 17.1 Å². The van der Waals surface area contributed by atoms with E-state index in [1.54, 1.807) is 12.5 Å². The molecule has 0 spiro atoms. The summed E-state index contributed by atoms with van der Waals surface area (Å²) < 4.78 is 11.6. The summed E-state index contributed by atoms with van der Waals surface area (Å²) in [6.07, 6.45) is 6.13. The van der Waals surface area contributed by atoms with E-state index in [0.29, 0.717) is 0 Å². The third kappa shape index (κ3) is 3.59. The number of allylic oxidation sites excluding steroid dienone is 1. The highest BCUT2D eigenvalue weighted by molar-refractivity contribution is 5.64. The molecule has 146 valence electrons. The zero-order chi connectivity index (χ0) is 19.9. The van der Waals surface area contributed by atoms with Crippen LogP contribution in [0, 0.1) is 0 Å². The average molecular weight is 377 g/mol. The van der Waals surface area contributed by atoms with Gasteiger partial charge in [0.25, 0.3) is 0 Å². The number of anilines is 2. The van der Waals surface area contributed by atoms with Crippen LogP contribution in [0.3, 0.4) is 0 Å². The zero-order valence-corrected chi connectivity index (χ0v) is 17.2. The Morgan fingerprint density at radius 3 is 2.39 bits per heavy atom. The fourth-order valence-electron chi connectivity index (χ4n) is 3.59. The molecule has 0 saturated carbocycles. The third-order valence-corrected chi connectivity index (χ3v) is 5.37. The van der Waals surface area contributed by atoms with Gasteiger partial charge in [-0.25, -0.2) is 0 Å². The topological polar surface area (TPSA) is 42.5 Å². The first kappa shape index (κ1) is 18.5. The zero-order valence-electron chi connectivity index (χ0n) is 17.2. The van der Waals surface area contributed by atoms with E-state index in [4.69, 9.17) is 9.47 Å². The van der Waals surface area contributed by atoms with Crippen LogP contribution in [0.25, 0.3) is 0 Å². The second-order valence-corrected chi connectivity index (χ2v) is 9.18. The molecule has 2 heterocycles. The van der Waals surface area contributed by atoms with Gasteiger partial charge < -0.3 is 20.1 Å². The van der Waals surface area contributed by atoms with E-state index in [0.717, 1.165) is 35.0 Å². The van der Waals surface area contributed by atoms with E-state index in [2.05, 4.69) is 75.6 Å². The third-order valence-electron chi connectivity index (χ3n) is 5.37. The monoisotopic (exact) mass is 376 g/mol. The molecular formula is C24H28N2O2. The lowest BCUT2D eigenvalue weighted by Crippen LogP contribution is -2.22. The Balaban J connectivity index is 1.54. The standard InChI is InChI=1S/C24H28N2O2/c1-23(2,3)16-7-9-21-20(12-16)26-18(15-28-21)14-24(4,5)17-6-8-19-22(13-17)27-11-10-25-19/h6-13,15,25-26H,14H2,1-5H3. The van der Waals surface area contributed by atoms with Gasteiger partial charge in [-0.05, 0) is 52.6 Å². The van der Waals surface area contributed by atoms with Crippen LogP contribution in [-0.2, 0) is 10.8 Å². The Labute approximate surface area is 167 Å². The first-order valence-electron chi connectivity index (χ1n) is 9.72. The number of hydrogen-bond donors (Lipinski definition) is 2. The van der Waals surface area contributed by atoms with Crippen LogP contribution in [-0.4, -0.2) is 0 Å². The van der Waals surface area contributed by atoms with Crippen molar-refractivity contribution in [3.05, 3.63) is 71.9 Å². The van der Waals surface area contributed by atoms with Gasteiger partial charge in [0, 0.05) is 6.20 Å². The molecule has 0 aliphatic carbocycles. The quantitative estimate of drug-likeness (QED) is 0.662.